The summed E-state index contributed by atoms with van der Waals surface area (Å²) in [5, 5.41) is 40.2. The second kappa shape index (κ2) is 5.76. The lowest BCUT2D eigenvalue weighted by Crippen LogP contribution is -2.30. The fraction of sp³-hybridized carbons (Fsp3) is 0.167. The Kier molecular flexibility index (Phi) is 3.88. The predicted octanol–water partition coefficient (Wildman–Crippen LogP) is 1.91. The number of para-hydroxylation sites is 1. The number of fused-ring (bicyclic) bond motifs is 2. The highest BCUT2D eigenvalue weighted by molar-refractivity contribution is 5.92. The molecule has 0 fully saturated rings. The molecule has 1 aromatic heterocycles. The van der Waals surface area contributed by atoms with Crippen molar-refractivity contribution in [2.24, 2.45) is 0 Å². The van der Waals surface area contributed by atoms with Crippen molar-refractivity contribution in [3.05, 3.63) is 69.6 Å². The highest BCUT2D eigenvalue weighted by atomic mass is 16.5. The van der Waals surface area contributed by atoms with E-state index in [0.29, 0.717) is 5.58 Å². The quantitative estimate of drug-likeness (QED) is 0.332. The van der Waals surface area contributed by atoms with Crippen LogP contribution in [0, 0.1) is 0 Å². The van der Waals surface area contributed by atoms with Crippen molar-refractivity contribution in [1.82, 2.24) is 0 Å². The van der Waals surface area contributed by atoms with Crippen LogP contribution in [-0.4, -0.2) is 27.0 Å². The first kappa shape index (κ1) is 16.2. The molecular weight excluding hydrogens is 312 g/mol. The van der Waals surface area contributed by atoms with Crippen molar-refractivity contribution >= 4 is 21.9 Å². The number of hydrogen-bond acceptors (Lipinski definition) is 6. The summed E-state index contributed by atoms with van der Waals surface area (Å²) in [6, 6.07) is 10.9. The summed E-state index contributed by atoms with van der Waals surface area (Å²) in [5.74, 6) is -3.66. The van der Waals surface area contributed by atoms with Gasteiger partial charge in [0, 0.05) is 5.56 Å². The molecule has 0 radical (unpaired) electrons. The van der Waals surface area contributed by atoms with Crippen molar-refractivity contribution in [1.29, 1.82) is 0 Å². The predicted molar refractivity (Wildman–Crippen MR) is 88.5 cm³/mol. The van der Waals surface area contributed by atoms with Crippen LogP contribution in [0.2, 0.25) is 0 Å². The van der Waals surface area contributed by atoms with Crippen LogP contribution in [-0.2, 0) is 5.79 Å². The number of aliphatic hydroxyl groups excluding tert-OH is 2. The topological polar surface area (TPSA) is 111 Å². The number of rotatable bonds is 3. The third-order valence-corrected chi connectivity index (χ3v) is 3.95. The molecule has 0 aliphatic rings. The SMILES string of the molecule is C/C(CO)=C(/O)C(O)(O)c1cccc2oc3ccccc3c(=O)c12. The Bertz CT molecular complexity index is 1010. The Labute approximate surface area is 136 Å². The lowest BCUT2D eigenvalue weighted by molar-refractivity contribution is -0.160. The molecule has 124 valence electrons. The van der Waals surface area contributed by atoms with E-state index in [1.165, 1.54) is 25.1 Å². The van der Waals surface area contributed by atoms with Gasteiger partial charge in [-0.25, -0.2) is 0 Å². The smallest absolute Gasteiger partial charge is 0.250 e. The van der Waals surface area contributed by atoms with E-state index in [9.17, 15) is 20.1 Å². The zero-order valence-corrected chi connectivity index (χ0v) is 12.9. The van der Waals surface area contributed by atoms with Crippen LogP contribution in [0.4, 0.5) is 0 Å². The second-order valence-corrected chi connectivity index (χ2v) is 5.57. The Hall–Kier alpha value is -2.67. The van der Waals surface area contributed by atoms with Crippen LogP contribution < -0.4 is 5.43 Å². The van der Waals surface area contributed by atoms with E-state index >= 15 is 0 Å². The van der Waals surface area contributed by atoms with Crippen LogP contribution in [0.25, 0.3) is 21.9 Å². The molecule has 0 unspecified atom stereocenters. The van der Waals surface area contributed by atoms with Gasteiger partial charge in [0.2, 0.25) is 5.43 Å². The highest BCUT2D eigenvalue weighted by Gasteiger charge is 2.35. The minimum Gasteiger partial charge on any atom is -0.506 e. The molecule has 6 nitrogen and oxygen atoms in total. The second-order valence-electron chi connectivity index (χ2n) is 5.57. The van der Waals surface area contributed by atoms with E-state index in [4.69, 9.17) is 9.52 Å². The molecule has 24 heavy (non-hydrogen) atoms. The van der Waals surface area contributed by atoms with Crippen molar-refractivity contribution in [2.75, 3.05) is 6.61 Å². The zero-order valence-electron chi connectivity index (χ0n) is 12.9. The van der Waals surface area contributed by atoms with E-state index in [1.807, 2.05) is 0 Å². The van der Waals surface area contributed by atoms with E-state index in [0.717, 1.165) is 0 Å². The molecule has 0 spiro atoms. The lowest BCUT2D eigenvalue weighted by Gasteiger charge is -2.24. The summed E-state index contributed by atoms with van der Waals surface area (Å²) in [6.45, 7) is 0.788. The molecule has 1 heterocycles. The molecule has 0 aliphatic heterocycles. The summed E-state index contributed by atoms with van der Waals surface area (Å²) >= 11 is 0. The van der Waals surface area contributed by atoms with E-state index < -0.39 is 23.6 Å². The number of hydrogen-bond donors (Lipinski definition) is 4. The molecular formula is C18H16O6. The van der Waals surface area contributed by atoms with Gasteiger partial charge in [0.25, 0.3) is 5.79 Å². The fourth-order valence-electron chi connectivity index (χ4n) is 2.64. The van der Waals surface area contributed by atoms with Gasteiger partial charge < -0.3 is 24.8 Å². The van der Waals surface area contributed by atoms with Gasteiger partial charge in [-0.05, 0) is 30.7 Å². The van der Waals surface area contributed by atoms with E-state index in [1.54, 1.807) is 24.3 Å². The first-order valence-electron chi connectivity index (χ1n) is 7.27. The van der Waals surface area contributed by atoms with Gasteiger partial charge in [0.15, 0.2) is 5.76 Å². The summed E-state index contributed by atoms with van der Waals surface area (Å²) in [6.07, 6.45) is 0. The standard InChI is InChI=1S/C18H16O6/c1-10(9-19)17(21)18(22,23)12-6-4-8-14-15(12)16(20)11-5-2-3-7-13(11)24-14/h2-8,19,21-23H,9H2,1H3/b17-10-. The zero-order chi connectivity index (χ0) is 17.5. The molecule has 6 heteroatoms. The van der Waals surface area contributed by atoms with Gasteiger partial charge in [-0.3, -0.25) is 4.79 Å². The Morgan fingerprint density at radius 2 is 1.75 bits per heavy atom. The van der Waals surface area contributed by atoms with Gasteiger partial charge in [0.05, 0.1) is 17.4 Å². The van der Waals surface area contributed by atoms with Gasteiger partial charge in [-0.15, -0.1) is 0 Å². The highest BCUT2D eigenvalue weighted by Crippen LogP contribution is 2.32. The first-order chi connectivity index (χ1) is 11.4. The monoisotopic (exact) mass is 328 g/mol. The Balaban J connectivity index is 2.42. The maximum atomic E-state index is 12.8. The average molecular weight is 328 g/mol. The summed E-state index contributed by atoms with van der Waals surface area (Å²) < 4.78 is 5.66. The minimum absolute atomic E-state index is 0.0258. The third-order valence-electron chi connectivity index (χ3n) is 3.95. The largest absolute Gasteiger partial charge is 0.506 e. The molecule has 0 saturated heterocycles. The van der Waals surface area contributed by atoms with Gasteiger partial charge in [-0.1, -0.05) is 24.3 Å². The molecule has 0 aliphatic carbocycles. The van der Waals surface area contributed by atoms with Crippen molar-refractivity contribution in [3.8, 4) is 0 Å². The van der Waals surface area contributed by atoms with E-state index in [2.05, 4.69) is 0 Å². The minimum atomic E-state index is -2.83. The molecule has 3 aromatic rings. The van der Waals surface area contributed by atoms with Gasteiger partial charge in [-0.2, -0.15) is 0 Å². The Morgan fingerprint density at radius 1 is 1.08 bits per heavy atom. The maximum Gasteiger partial charge on any atom is 0.250 e. The number of aliphatic hydroxyl groups is 4. The van der Waals surface area contributed by atoms with Crippen LogP contribution in [0.15, 0.2) is 63.0 Å². The van der Waals surface area contributed by atoms with Crippen molar-refractivity contribution in [2.45, 2.75) is 12.7 Å². The van der Waals surface area contributed by atoms with Crippen LogP contribution in [0.1, 0.15) is 12.5 Å². The van der Waals surface area contributed by atoms with Crippen molar-refractivity contribution < 1.29 is 24.8 Å². The van der Waals surface area contributed by atoms with Gasteiger partial charge in [0.1, 0.15) is 11.2 Å². The molecule has 0 amide bonds. The first-order valence-corrected chi connectivity index (χ1v) is 7.27. The summed E-state index contributed by atoms with van der Waals surface area (Å²) in [7, 11) is 0. The molecule has 2 aromatic carbocycles. The normalized spacial score (nSPS) is 13.3. The maximum absolute atomic E-state index is 12.8. The molecule has 4 N–H and O–H groups in total. The lowest BCUT2D eigenvalue weighted by atomic mass is 9.96. The van der Waals surface area contributed by atoms with Crippen LogP contribution in [0.5, 0.6) is 0 Å². The fourth-order valence-corrected chi connectivity index (χ4v) is 2.64. The van der Waals surface area contributed by atoms with Gasteiger partial charge >= 0.3 is 0 Å². The number of benzene rings is 2. The van der Waals surface area contributed by atoms with E-state index in [-0.39, 0.29) is 27.5 Å². The molecule has 3 rings (SSSR count). The molecule has 0 atom stereocenters. The third kappa shape index (κ3) is 2.37. The summed E-state index contributed by atoms with van der Waals surface area (Å²) in [5.41, 5.74) is -0.144. The average Bonchev–Trinajstić information content (AvgIpc) is 2.60. The molecule has 0 saturated carbocycles. The summed E-state index contributed by atoms with van der Waals surface area (Å²) in [4.78, 5) is 12.8. The Morgan fingerprint density at radius 3 is 2.46 bits per heavy atom. The van der Waals surface area contributed by atoms with Crippen LogP contribution >= 0.6 is 0 Å². The van der Waals surface area contributed by atoms with Crippen LogP contribution in [0.3, 0.4) is 0 Å². The molecule has 0 bridgehead atoms. The van der Waals surface area contributed by atoms with Crippen molar-refractivity contribution in [3.63, 3.8) is 0 Å².